The second kappa shape index (κ2) is 6.36. The Labute approximate surface area is 144 Å². The molecular weight excluding hydrogens is 327 g/mol. The molecule has 0 amide bonds. The lowest BCUT2D eigenvalue weighted by molar-refractivity contribution is 0.504. The van der Waals surface area contributed by atoms with E-state index < -0.39 is 0 Å². The average Bonchev–Trinajstić information content (AvgIpc) is 2.87. The highest BCUT2D eigenvalue weighted by atomic mass is 35.5. The molecule has 1 aliphatic carbocycles. The van der Waals surface area contributed by atoms with Gasteiger partial charge >= 0.3 is 0 Å². The smallest absolute Gasteiger partial charge is 0.245 e. The van der Waals surface area contributed by atoms with Crippen molar-refractivity contribution in [1.29, 1.82) is 0 Å². The van der Waals surface area contributed by atoms with Gasteiger partial charge in [0.1, 0.15) is 17.3 Å². The molecule has 1 aliphatic rings. The molecule has 2 aromatic heterocycles. The molecule has 1 aromatic carbocycles. The molecule has 0 radical (unpaired) electrons. The molecule has 0 saturated heterocycles. The summed E-state index contributed by atoms with van der Waals surface area (Å²) < 4.78 is 18.9. The SMILES string of the molecule is Fc1ccc(-c2nc3c(o2)CCCC(c2cccc(Cl)c2)C3)nc1. The summed E-state index contributed by atoms with van der Waals surface area (Å²) >= 11 is 6.13. The summed E-state index contributed by atoms with van der Waals surface area (Å²) in [7, 11) is 0. The van der Waals surface area contributed by atoms with Crippen molar-refractivity contribution in [1.82, 2.24) is 9.97 Å². The van der Waals surface area contributed by atoms with Gasteiger partial charge in [0.15, 0.2) is 0 Å². The van der Waals surface area contributed by atoms with E-state index >= 15 is 0 Å². The number of hydrogen-bond donors (Lipinski definition) is 0. The van der Waals surface area contributed by atoms with Gasteiger partial charge in [0.05, 0.1) is 11.9 Å². The van der Waals surface area contributed by atoms with E-state index in [0.29, 0.717) is 17.5 Å². The van der Waals surface area contributed by atoms with Crippen molar-refractivity contribution in [2.45, 2.75) is 31.6 Å². The highest BCUT2D eigenvalue weighted by molar-refractivity contribution is 6.30. The van der Waals surface area contributed by atoms with E-state index in [1.54, 1.807) is 6.07 Å². The Bertz CT molecular complexity index is 860. The first-order chi connectivity index (χ1) is 11.7. The molecule has 0 bridgehead atoms. The molecule has 0 aliphatic heterocycles. The van der Waals surface area contributed by atoms with Crippen LogP contribution >= 0.6 is 11.6 Å². The van der Waals surface area contributed by atoms with Gasteiger partial charge in [-0.15, -0.1) is 0 Å². The standard InChI is InChI=1S/C19H16ClFN2O/c20-14-5-1-3-12(9-14)13-4-2-6-18-17(10-13)23-19(24-18)16-8-7-15(21)11-22-16/h1,3,5,7-9,11,13H,2,4,6,10H2. The molecule has 5 heteroatoms. The fourth-order valence-electron chi connectivity index (χ4n) is 3.24. The monoisotopic (exact) mass is 342 g/mol. The molecule has 4 rings (SSSR count). The lowest BCUT2D eigenvalue weighted by Gasteiger charge is -2.14. The van der Waals surface area contributed by atoms with Crippen LogP contribution in [0.4, 0.5) is 4.39 Å². The predicted octanol–water partition coefficient (Wildman–Crippen LogP) is 5.19. The zero-order valence-corrected chi connectivity index (χ0v) is 13.8. The number of fused-ring (bicyclic) bond motifs is 1. The van der Waals surface area contributed by atoms with Crippen LogP contribution < -0.4 is 0 Å². The van der Waals surface area contributed by atoms with Crippen molar-refractivity contribution in [2.75, 3.05) is 0 Å². The lowest BCUT2D eigenvalue weighted by Crippen LogP contribution is -2.02. The van der Waals surface area contributed by atoms with Crippen molar-refractivity contribution < 1.29 is 8.81 Å². The van der Waals surface area contributed by atoms with E-state index in [9.17, 15) is 4.39 Å². The van der Waals surface area contributed by atoms with Crippen molar-refractivity contribution in [3.8, 4) is 11.6 Å². The zero-order chi connectivity index (χ0) is 16.5. The number of aryl methyl sites for hydroxylation is 1. The highest BCUT2D eigenvalue weighted by Crippen LogP contribution is 2.34. The van der Waals surface area contributed by atoms with Crippen LogP contribution in [0.25, 0.3) is 11.6 Å². The summed E-state index contributed by atoms with van der Waals surface area (Å²) in [4.78, 5) is 8.68. The van der Waals surface area contributed by atoms with Crippen LogP contribution in [0, 0.1) is 5.82 Å². The second-order valence-corrected chi connectivity index (χ2v) is 6.54. The van der Waals surface area contributed by atoms with Gasteiger partial charge in [0.2, 0.25) is 5.89 Å². The second-order valence-electron chi connectivity index (χ2n) is 6.10. The van der Waals surface area contributed by atoms with Gasteiger partial charge in [-0.05, 0) is 48.6 Å². The number of nitrogens with zero attached hydrogens (tertiary/aromatic N) is 2. The first-order valence-corrected chi connectivity index (χ1v) is 8.43. The van der Waals surface area contributed by atoms with Crippen LogP contribution in [0.2, 0.25) is 5.02 Å². The van der Waals surface area contributed by atoms with Gasteiger partial charge in [-0.25, -0.2) is 14.4 Å². The number of hydrogen-bond acceptors (Lipinski definition) is 3. The average molecular weight is 343 g/mol. The molecule has 122 valence electrons. The molecule has 1 atom stereocenters. The normalized spacial score (nSPS) is 17.3. The third-order valence-corrected chi connectivity index (χ3v) is 4.68. The Kier molecular flexibility index (Phi) is 4.07. The third kappa shape index (κ3) is 3.06. The number of rotatable bonds is 2. The van der Waals surface area contributed by atoms with E-state index in [2.05, 4.69) is 16.0 Å². The molecule has 0 fully saturated rings. The fraction of sp³-hybridized carbons (Fsp3) is 0.263. The Balaban J connectivity index is 1.64. The Morgan fingerprint density at radius 1 is 1.21 bits per heavy atom. The van der Waals surface area contributed by atoms with Gasteiger partial charge in [-0.3, -0.25) is 0 Å². The summed E-state index contributed by atoms with van der Waals surface area (Å²) in [6.07, 6.45) is 4.98. The van der Waals surface area contributed by atoms with Crippen molar-refractivity contribution in [2.24, 2.45) is 0 Å². The van der Waals surface area contributed by atoms with E-state index in [4.69, 9.17) is 16.0 Å². The first kappa shape index (κ1) is 15.3. The van der Waals surface area contributed by atoms with Crippen LogP contribution in [0.15, 0.2) is 47.0 Å². The molecule has 0 N–H and O–H groups in total. The molecule has 2 heterocycles. The highest BCUT2D eigenvalue weighted by Gasteiger charge is 2.24. The molecule has 1 unspecified atom stereocenters. The number of halogens is 2. The third-order valence-electron chi connectivity index (χ3n) is 4.44. The van der Waals surface area contributed by atoms with E-state index in [1.807, 2.05) is 18.2 Å². The minimum atomic E-state index is -0.368. The van der Waals surface area contributed by atoms with Crippen LogP contribution in [0.1, 0.15) is 35.8 Å². The van der Waals surface area contributed by atoms with E-state index in [1.165, 1.54) is 17.8 Å². The molecule has 3 nitrogen and oxygen atoms in total. The summed E-state index contributed by atoms with van der Waals surface area (Å²) in [6, 6.07) is 11.0. The Morgan fingerprint density at radius 3 is 2.92 bits per heavy atom. The molecule has 0 spiro atoms. The molecule has 0 saturated carbocycles. The summed E-state index contributed by atoms with van der Waals surface area (Å²) in [6.45, 7) is 0. The van der Waals surface area contributed by atoms with Gasteiger partial charge < -0.3 is 4.42 Å². The lowest BCUT2D eigenvalue weighted by atomic mass is 9.92. The number of oxazole rings is 1. The fourth-order valence-corrected chi connectivity index (χ4v) is 3.44. The molecule has 24 heavy (non-hydrogen) atoms. The minimum Gasteiger partial charge on any atom is -0.440 e. The predicted molar refractivity (Wildman–Crippen MR) is 90.5 cm³/mol. The summed E-state index contributed by atoms with van der Waals surface area (Å²) in [5, 5.41) is 0.758. The Morgan fingerprint density at radius 2 is 2.12 bits per heavy atom. The topological polar surface area (TPSA) is 38.9 Å². The minimum absolute atomic E-state index is 0.368. The van der Waals surface area contributed by atoms with Gasteiger partial charge in [-0.1, -0.05) is 23.7 Å². The maximum atomic E-state index is 13.0. The zero-order valence-electron chi connectivity index (χ0n) is 13.0. The van der Waals surface area contributed by atoms with Gasteiger partial charge in [-0.2, -0.15) is 0 Å². The molecule has 3 aromatic rings. The van der Waals surface area contributed by atoms with E-state index in [-0.39, 0.29) is 5.82 Å². The quantitative estimate of drug-likeness (QED) is 0.601. The van der Waals surface area contributed by atoms with Crippen LogP contribution in [0.5, 0.6) is 0 Å². The summed E-state index contributed by atoms with van der Waals surface area (Å²) in [5.74, 6) is 1.39. The van der Waals surface area contributed by atoms with Gasteiger partial charge in [0.25, 0.3) is 0 Å². The van der Waals surface area contributed by atoms with Crippen LogP contribution in [0.3, 0.4) is 0 Å². The van der Waals surface area contributed by atoms with Crippen LogP contribution in [-0.2, 0) is 12.8 Å². The maximum absolute atomic E-state index is 13.0. The number of benzene rings is 1. The van der Waals surface area contributed by atoms with Crippen LogP contribution in [-0.4, -0.2) is 9.97 Å². The number of pyridine rings is 1. The molecular formula is C19H16ClFN2O. The van der Waals surface area contributed by atoms with Gasteiger partial charge in [0, 0.05) is 17.9 Å². The van der Waals surface area contributed by atoms with Crippen molar-refractivity contribution in [3.05, 3.63) is 70.5 Å². The summed E-state index contributed by atoms with van der Waals surface area (Å²) in [5.41, 5.74) is 2.77. The van der Waals surface area contributed by atoms with E-state index in [0.717, 1.165) is 42.2 Å². The Hall–Kier alpha value is -2.20. The maximum Gasteiger partial charge on any atom is 0.245 e. The van der Waals surface area contributed by atoms with Crippen molar-refractivity contribution in [3.63, 3.8) is 0 Å². The largest absolute Gasteiger partial charge is 0.440 e. The first-order valence-electron chi connectivity index (χ1n) is 8.05. The number of aromatic nitrogens is 2. The van der Waals surface area contributed by atoms with Crippen molar-refractivity contribution >= 4 is 11.6 Å².